The molecule has 0 bridgehead atoms. The van der Waals surface area contributed by atoms with Crippen LogP contribution in [0.4, 0.5) is 5.69 Å². The molecule has 26 heavy (non-hydrogen) atoms. The van der Waals surface area contributed by atoms with Gasteiger partial charge in [0.1, 0.15) is 0 Å². The maximum atomic E-state index is 13.0. The van der Waals surface area contributed by atoms with Gasteiger partial charge in [0.25, 0.3) is 5.91 Å². The van der Waals surface area contributed by atoms with E-state index in [9.17, 15) is 9.59 Å². The Labute approximate surface area is 153 Å². The highest BCUT2D eigenvalue weighted by Gasteiger charge is 2.34. The Bertz CT molecular complexity index is 846. The summed E-state index contributed by atoms with van der Waals surface area (Å²) in [5.41, 5.74) is 2.65. The molecular weight excluding hydrogens is 330 g/mol. The molecule has 3 rings (SSSR count). The molecule has 2 aromatic rings. The molecule has 5 heteroatoms. The van der Waals surface area contributed by atoms with E-state index in [1.165, 1.54) is 19.6 Å². The minimum atomic E-state index is -0.680. The van der Waals surface area contributed by atoms with E-state index in [0.717, 1.165) is 12.1 Å². The van der Waals surface area contributed by atoms with E-state index in [1.807, 2.05) is 31.2 Å². The summed E-state index contributed by atoms with van der Waals surface area (Å²) in [6, 6.07) is 13.0. The van der Waals surface area contributed by atoms with Crippen LogP contribution in [-0.4, -0.2) is 30.9 Å². The number of carbonyl (C=O) groups is 2. The summed E-state index contributed by atoms with van der Waals surface area (Å²) in [5, 5.41) is 0. The lowest BCUT2D eigenvalue weighted by molar-refractivity contribution is -0.124. The Balaban J connectivity index is 1.81. The molecule has 0 saturated carbocycles. The lowest BCUT2D eigenvalue weighted by Crippen LogP contribution is -2.43. The Morgan fingerprint density at radius 2 is 1.88 bits per heavy atom. The lowest BCUT2D eigenvalue weighted by atomic mass is 10.1. The number of amides is 1. The predicted molar refractivity (Wildman–Crippen MR) is 100 cm³/mol. The smallest absolute Gasteiger partial charge is 0.268 e. The van der Waals surface area contributed by atoms with E-state index in [1.54, 1.807) is 30.0 Å². The molecule has 136 valence electrons. The van der Waals surface area contributed by atoms with Crippen LogP contribution in [0.1, 0.15) is 36.7 Å². The minimum Gasteiger partial charge on any atom is -0.493 e. The van der Waals surface area contributed by atoms with Crippen molar-refractivity contribution in [1.29, 1.82) is 0 Å². The standard InChI is InChI=1S/C21H23NO4/c1-13-11-17-7-5-6-8-18(17)22(13)21(24)15(3)26-19-10-9-16(14(2)23)12-20(19)25-4/h5-10,12-13,15H,11H2,1-4H3. The molecule has 0 aromatic heterocycles. The van der Waals surface area contributed by atoms with Crippen LogP contribution in [0, 0.1) is 0 Å². The summed E-state index contributed by atoms with van der Waals surface area (Å²) < 4.78 is 11.2. The van der Waals surface area contributed by atoms with E-state index in [0.29, 0.717) is 17.1 Å². The van der Waals surface area contributed by atoms with Crippen LogP contribution >= 0.6 is 0 Å². The van der Waals surface area contributed by atoms with E-state index < -0.39 is 6.10 Å². The normalized spacial score (nSPS) is 16.8. The number of ether oxygens (including phenoxy) is 2. The van der Waals surface area contributed by atoms with Crippen LogP contribution in [0.15, 0.2) is 42.5 Å². The zero-order valence-electron chi connectivity index (χ0n) is 15.5. The third-order valence-electron chi connectivity index (χ3n) is 4.67. The maximum Gasteiger partial charge on any atom is 0.268 e. The number of nitrogens with zero attached hydrogens (tertiary/aromatic N) is 1. The van der Waals surface area contributed by atoms with Crippen molar-refractivity contribution in [2.75, 3.05) is 12.0 Å². The Hall–Kier alpha value is -2.82. The Kier molecular flexibility index (Phi) is 4.98. The number of benzene rings is 2. The second kappa shape index (κ2) is 7.20. The van der Waals surface area contributed by atoms with Gasteiger partial charge >= 0.3 is 0 Å². The van der Waals surface area contributed by atoms with E-state index in [4.69, 9.17) is 9.47 Å². The number of carbonyl (C=O) groups excluding carboxylic acids is 2. The van der Waals surface area contributed by atoms with E-state index in [2.05, 4.69) is 0 Å². The number of hydrogen-bond acceptors (Lipinski definition) is 4. The molecule has 0 fully saturated rings. The molecule has 0 aliphatic carbocycles. The number of ketones is 1. The van der Waals surface area contributed by atoms with Crippen molar-refractivity contribution in [1.82, 2.24) is 0 Å². The fraction of sp³-hybridized carbons (Fsp3) is 0.333. The van der Waals surface area contributed by atoms with Crippen LogP contribution in [0.2, 0.25) is 0 Å². The number of para-hydroxylation sites is 1. The van der Waals surface area contributed by atoms with Crippen LogP contribution in [-0.2, 0) is 11.2 Å². The molecule has 0 spiro atoms. The SMILES string of the molecule is COc1cc(C(C)=O)ccc1OC(C)C(=O)N1c2ccccc2CC1C. The zero-order chi connectivity index (χ0) is 18.8. The van der Waals surface area contributed by atoms with Gasteiger partial charge in [0.15, 0.2) is 23.4 Å². The van der Waals surface area contributed by atoms with Crippen LogP contribution in [0.5, 0.6) is 11.5 Å². The van der Waals surface area contributed by atoms with Crippen LogP contribution in [0.3, 0.4) is 0 Å². The average molecular weight is 353 g/mol. The monoisotopic (exact) mass is 353 g/mol. The highest BCUT2D eigenvalue weighted by Crippen LogP contribution is 2.34. The van der Waals surface area contributed by atoms with Gasteiger partial charge in [0.2, 0.25) is 0 Å². The van der Waals surface area contributed by atoms with Gasteiger partial charge in [-0.05, 0) is 57.0 Å². The second-order valence-corrected chi connectivity index (χ2v) is 6.57. The van der Waals surface area contributed by atoms with Gasteiger partial charge in [0.05, 0.1) is 7.11 Å². The van der Waals surface area contributed by atoms with Gasteiger partial charge < -0.3 is 14.4 Å². The molecule has 2 atom stereocenters. The largest absolute Gasteiger partial charge is 0.493 e. The molecule has 0 radical (unpaired) electrons. The topological polar surface area (TPSA) is 55.8 Å². The predicted octanol–water partition coefficient (Wildman–Crippen LogP) is 3.64. The van der Waals surface area contributed by atoms with Gasteiger partial charge in [-0.3, -0.25) is 9.59 Å². The number of rotatable bonds is 5. The van der Waals surface area contributed by atoms with Crippen molar-refractivity contribution >= 4 is 17.4 Å². The molecule has 1 aliphatic heterocycles. The molecule has 1 heterocycles. The highest BCUT2D eigenvalue weighted by molar-refractivity contribution is 5.99. The summed E-state index contributed by atoms with van der Waals surface area (Å²) in [6.45, 7) is 5.26. The van der Waals surface area contributed by atoms with Gasteiger partial charge in [-0.2, -0.15) is 0 Å². The molecule has 2 aromatic carbocycles. The Morgan fingerprint density at radius 3 is 2.58 bits per heavy atom. The Morgan fingerprint density at radius 1 is 1.15 bits per heavy atom. The van der Waals surface area contributed by atoms with E-state index in [-0.39, 0.29) is 17.7 Å². The van der Waals surface area contributed by atoms with Crippen molar-refractivity contribution < 1.29 is 19.1 Å². The first-order valence-electron chi connectivity index (χ1n) is 8.69. The molecule has 1 aliphatic rings. The van der Waals surface area contributed by atoms with Gasteiger partial charge in [-0.25, -0.2) is 0 Å². The van der Waals surface area contributed by atoms with Gasteiger partial charge in [-0.1, -0.05) is 18.2 Å². The molecule has 0 N–H and O–H groups in total. The summed E-state index contributed by atoms with van der Waals surface area (Å²) >= 11 is 0. The van der Waals surface area contributed by atoms with Crippen molar-refractivity contribution in [2.24, 2.45) is 0 Å². The maximum absolute atomic E-state index is 13.0. The molecule has 2 unspecified atom stereocenters. The summed E-state index contributed by atoms with van der Waals surface area (Å²) in [6.07, 6.45) is 0.159. The number of methoxy groups -OCH3 is 1. The number of anilines is 1. The average Bonchev–Trinajstić information content (AvgIpc) is 2.96. The van der Waals surface area contributed by atoms with Crippen molar-refractivity contribution in [2.45, 2.75) is 39.3 Å². The summed E-state index contributed by atoms with van der Waals surface area (Å²) in [4.78, 5) is 26.3. The zero-order valence-corrected chi connectivity index (χ0v) is 15.5. The summed E-state index contributed by atoms with van der Waals surface area (Å²) in [7, 11) is 1.51. The molecular formula is C21H23NO4. The van der Waals surface area contributed by atoms with Gasteiger partial charge in [0, 0.05) is 17.3 Å². The third kappa shape index (κ3) is 3.29. The molecule has 0 saturated heterocycles. The van der Waals surface area contributed by atoms with Crippen LogP contribution in [0.25, 0.3) is 0 Å². The first-order chi connectivity index (χ1) is 12.4. The minimum absolute atomic E-state index is 0.0542. The number of hydrogen-bond donors (Lipinski definition) is 0. The third-order valence-corrected chi connectivity index (χ3v) is 4.67. The van der Waals surface area contributed by atoms with E-state index >= 15 is 0 Å². The number of Topliss-reactive ketones (excluding diaryl/α,β-unsaturated/α-hetero) is 1. The van der Waals surface area contributed by atoms with Crippen molar-refractivity contribution in [3.63, 3.8) is 0 Å². The fourth-order valence-corrected chi connectivity index (χ4v) is 3.32. The second-order valence-electron chi connectivity index (χ2n) is 6.57. The lowest BCUT2D eigenvalue weighted by Gasteiger charge is -2.26. The number of fused-ring (bicyclic) bond motifs is 1. The van der Waals surface area contributed by atoms with Crippen molar-refractivity contribution in [3.8, 4) is 11.5 Å². The highest BCUT2D eigenvalue weighted by atomic mass is 16.5. The fourth-order valence-electron chi connectivity index (χ4n) is 3.32. The van der Waals surface area contributed by atoms with Crippen molar-refractivity contribution in [3.05, 3.63) is 53.6 Å². The van der Waals surface area contributed by atoms with Gasteiger partial charge in [-0.15, -0.1) is 0 Å². The first kappa shape index (κ1) is 18.0. The van der Waals surface area contributed by atoms with Crippen LogP contribution < -0.4 is 14.4 Å². The molecule has 1 amide bonds. The first-order valence-corrected chi connectivity index (χ1v) is 8.69. The quantitative estimate of drug-likeness (QED) is 0.770. The molecule has 5 nitrogen and oxygen atoms in total. The summed E-state index contributed by atoms with van der Waals surface area (Å²) in [5.74, 6) is 0.729.